The largest absolute Gasteiger partial charge is 0.300 e. The Labute approximate surface area is 130 Å². The van der Waals surface area contributed by atoms with Crippen LogP contribution in [0.1, 0.15) is 16.8 Å². The van der Waals surface area contributed by atoms with E-state index in [1.807, 2.05) is 0 Å². The fourth-order valence-electron chi connectivity index (χ4n) is 2.35. The van der Waals surface area contributed by atoms with Crippen molar-refractivity contribution in [2.24, 2.45) is 0 Å². The summed E-state index contributed by atoms with van der Waals surface area (Å²) >= 11 is 5.87. The maximum atomic E-state index is 12.1. The van der Waals surface area contributed by atoms with Gasteiger partial charge in [0.1, 0.15) is 0 Å². The molecule has 0 unspecified atom stereocenters. The van der Waals surface area contributed by atoms with Crippen LogP contribution in [0, 0.1) is 0 Å². The number of piperazine rings is 1. The lowest BCUT2D eigenvalue weighted by Gasteiger charge is -2.33. The lowest BCUT2D eigenvalue weighted by molar-refractivity contribution is 0.0952. The van der Waals surface area contributed by atoms with Gasteiger partial charge in [-0.3, -0.25) is 4.79 Å². The number of carbonyl (C=O) groups excluding carboxylic acids is 1. The summed E-state index contributed by atoms with van der Waals surface area (Å²) < 4.78 is 24.3. The molecular formula is C14H19ClN2O3S. The van der Waals surface area contributed by atoms with Crippen molar-refractivity contribution in [3.05, 3.63) is 34.9 Å². The van der Waals surface area contributed by atoms with Gasteiger partial charge in [0, 0.05) is 49.7 Å². The quantitative estimate of drug-likeness (QED) is 0.768. The first-order valence-corrected chi connectivity index (χ1v) is 9.05. The number of nitrogens with zero attached hydrogens (tertiary/aromatic N) is 2. The third kappa shape index (κ3) is 4.78. The summed E-state index contributed by atoms with van der Waals surface area (Å²) in [6.45, 7) is 2.95. The highest BCUT2D eigenvalue weighted by Gasteiger charge is 2.23. The number of rotatable bonds is 5. The Kier molecular flexibility index (Phi) is 5.37. The lowest BCUT2D eigenvalue weighted by Crippen LogP contribution is -2.48. The first-order valence-electron chi connectivity index (χ1n) is 6.82. The molecule has 1 aliphatic heterocycles. The molecule has 0 radical (unpaired) electrons. The monoisotopic (exact) mass is 330 g/mol. The Morgan fingerprint density at radius 3 is 2.48 bits per heavy atom. The summed E-state index contributed by atoms with van der Waals surface area (Å²) in [4.78, 5) is 14.2. The van der Waals surface area contributed by atoms with Crippen molar-refractivity contribution in [2.75, 3.05) is 39.0 Å². The maximum absolute atomic E-state index is 12.1. The van der Waals surface area contributed by atoms with Gasteiger partial charge >= 0.3 is 0 Å². The first-order chi connectivity index (χ1) is 9.86. The van der Waals surface area contributed by atoms with Gasteiger partial charge < -0.3 is 4.90 Å². The molecular weight excluding hydrogens is 312 g/mol. The number of carbonyl (C=O) groups is 1. The molecule has 5 nitrogen and oxygen atoms in total. The molecule has 1 fully saturated rings. The normalized spacial score (nSPS) is 17.8. The summed E-state index contributed by atoms with van der Waals surface area (Å²) in [6, 6.07) is 6.94. The number of hydrogen-bond acceptors (Lipinski definition) is 4. The number of Topliss-reactive ketones (excluding diaryl/α,β-unsaturated/α-hetero) is 1. The molecule has 1 aromatic carbocycles. The highest BCUT2D eigenvalue weighted by atomic mass is 35.5. The van der Waals surface area contributed by atoms with Crippen molar-refractivity contribution < 1.29 is 13.2 Å². The van der Waals surface area contributed by atoms with Gasteiger partial charge in [0.2, 0.25) is 10.0 Å². The third-order valence-corrected chi connectivity index (χ3v) is 5.14. The van der Waals surface area contributed by atoms with Crippen molar-refractivity contribution in [1.29, 1.82) is 0 Å². The number of hydrogen-bond donors (Lipinski definition) is 0. The molecule has 1 heterocycles. The van der Waals surface area contributed by atoms with Gasteiger partial charge in [-0.05, 0) is 12.1 Å². The van der Waals surface area contributed by atoms with Crippen LogP contribution in [0.5, 0.6) is 0 Å². The fraction of sp³-hybridized carbons (Fsp3) is 0.500. The number of benzene rings is 1. The Morgan fingerprint density at radius 1 is 1.24 bits per heavy atom. The van der Waals surface area contributed by atoms with Crippen LogP contribution in [0.4, 0.5) is 0 Å². The number of ketones is 1. The van der Waals surface area contributed by atoms with Crippen molar-refractivity contribution in [1.82, 2.24) is 9.21 Å². The zero-order valence-electron chi connectivity index (χ0n) is 12.0. The average Bonchev–Trinajstić information content (AvgIpc) is 2.44. The van der Waals surface area contributed by atoms with Crippen molar-refractivity contribution >= 4 is 27.4 Å². The zero-order valence-corrected chi connectivity index (χ0v) is 13.5. The molecule has 0 atom stereocenters. The van der Waals surface area contributed by atoms with Gasteiger partial charge in [-0.1, -0.05) is 23.7 Å². The highest BCUT2D eigenvalue weighted by Crippen LogP contribution is 2.13. The first kappa shape index (κ1) is 16.4. The van der Waals surface area contributed by atoms with E-state index in [4.69, 9.17) is 11.6 Å². The standard InChI is InChI=1S/C14H19ClN2O3S/c1-21(19,20)17-9-7-16(8-10-17)6-5-14(18)12-3-2-4-13(15)11-12/h2-4,11H,5-10H2,1H3. The second-order valence-electron chi connectivity index (χ2n) is 5.19. The number of sulfonamides is 1. The van der Waals surface area contributed by atoms with Gasteiger partial charge in [-0.25, -0.2) is 8.42 Å². The molecule has 1 aromatic rings. The lowest BCUT2D eigenvalue weighted by atomic mass is 10.1. The van der Waals surface area contributed by atoms with Crippen LogP contribution in [0.3, 0.4) is 0 Å². The van der Waals surface area contributed by atoms with Crippen molar-refractivity contribution in [3.63, 3.8) is 0 Å². The van der Waals surface area contributed by atoms with Crippen molar-refractivity contribution in [2.45, 2.75) is 6.42 Å². The Hall–Kier alpha value is -0.950. The summed E-state index contributed by atoms with van der Waals surface area (Å²) in [7, 11) is -3.10. The molecule has 0 spiro atoms. The van der Waals surface area contributed by atoms with Crippen molar-refractivity contribution in [3.8, 4) is 0 Å². The van der Waals surface area contributed by atoms with Gasteiger partial charge in [-0.15, -0.1) is 0 Å². The topological polar surface area (TPSA) is 57.7 Å². The van der Waals surface area contributed by atoms with E-state index in [0.717, 1.165) is 0 Å². The zero-order chi connectivity index (χ0) is 15.5. The summed E-state index contributed by atoms with van der Waals surface area (Å²) in [5.74, 6) is 0.0584. The predicted octanol–water partition coefficient (Wildman–Crippen LogP) is 1.49. The minimum atomic E-state index is -3.10. The molecule has 0 aromatic heterocycles. The second kappa shape index (κ2) is 6.87. The van der Waals surface area contributed by atoms with E-state index in [2.05, 4.69) is 4.90 Å². The molecule has 116 valence electrons. The highest BCUT2D eigenvalue weighted by molar-refractivity contribution is 7.88. The third-order valence-electron chi connectivity index (χ3n) is 3.60. The molecule has 1 saturated heterocycles. The fourth-order valence-corrected chi connectivity index (χ4v) is 3.37. The molecule has 0 amide bonds. The van der Waals surface area contributed by atoms with E-state index in [1.165, 1.54) is 10.6 Å². The van der Waals surface area contributed by atoms with E-state index < -0.39 is 10.0 Å². The van der Waals surface area contributed by atoms with Crippen LogP contribution in [-0.2, 0) is 10.0 Å². The van der Waals surface area contributed by atoms with Gasteiger partial charge in [0.25, 0.3) is 0 Å². The van der Waals surface area contributed by atoms with Gasteiger partial charge in [-0.2, -0.15) is 4.31 Å². The average molecular weight is 331 g/mol. The van der Waals surface area contributed by atoms with Crippen LogP contribution in [0.25, 0.3) is 0 Å². The molecule has 0 aliphatic carbocycles. The maximum Gasteiger partial charge on any atom is 0.211 e. The van der Waals surface area contributed by atoms with E-state index in [0.29, 0.717) is 49.7 Å². The van der Waals surface area contributed by atoms with Crippen LogP contribution in [0.2, 0.25) is 5.02 Å². The molecule has 0 N–H and O–H groups in total. The molecule has 21 heavy (non-hydrogen) atoms. The number of halogens is 1. The molecule has 1 aliphatic rings. The molecule has 0 bridgehead atoms. The second-order valence-corrected chi connectivity index (χ2v) is 7.61. The molecule has 7 heteroatoms. The smallest absolute Gasteiger partial charge is 0.211 e. The predicted molar refractivity (Wildman–Crippen MR) is 83.3 cm³/mol. The summed E-state index contributed by atoms with van der Waals surface area (Å²) in [6.07, 6.45) is 1.64. The minimum absolute atomic E-state index is 0.0584. The minimum Gasteiger partial charge on any atom is -0.300 e. The van der Waals surface area contributed by atoms with Crippen LogP contribution >= 0.6 is 11.6 Å². The van der Waals surface area contributed by atoms with E-state index in [1.54, 1.807) is 24.3 Å². The van der Waals surface area contributed by atoms with E-state index in [-0.39, 0.29) is 5.78 Å². The Bertz CT molecular complexity index is 610. The van der Waals surface area contributed by atoms with Crippen LogP contribution < -0.4 is 0 Å². The Balaban J connectivity index is 1.81. The van der Waals surface area contributed by atoms with Gasteiger partial charge in [0.05, 0.1) is 6.26 Å². The summed E-state index contributed by atoms with van der Waals surface area (Å²) in [5.41, 5.74) is 0.622. The van der Waals surface area contributed by atoms with E-state index >= 15 is 0 Å². The van der Waals surface area contributed by atoms with E-state index in [9.17, 15) is 13.2 Å². The SMILES string of the molecule is CS(=O)(=O)N1CCN(CCC(=O)c2cccc(Cl)c2)CC1. The Morgan fingerprint density at radius 2 is 1.90 bits per heavy atom. The molecule has 0 saturated carbocycles. The summed E-state index contributed by atoms with van der Waals surface area (Å²) in [5, 5.41) is 0.558. The van der Waals surface area contributed by atoms with Gasteiger partial charge in [0.15, 0.2) is 5.78 Å². The van der Waals surface area contributed by atoms with Crippen LogP contribution in [0.15, 0.2) is 24.3 Å². The van der Waals surface area contributed by atoms with Crippen LogP contribution in [-0.4, -0.2) is 62.4 Å². The molecule has 2 rings (SSSR count).